The second-order valence-electron chi connectivity index (χ2n) is 8.30. The first-order valence-corrected chi connectivity index (χ1v) is 10.2. The Balaban J connectivity index is 1.70. The number of aliphatic hydroxyl groups excluding tert-OH is 6. The summed E-state index contributed by atoms with van der Waals surface area (Å²) in [6, 6.07) is -2.71. The Bertz CT molecular complexity index is 591. The van der Waals surface area contributed by atoms with Gasteiger partial charge in [-0.25, -0.2) is 0 Å². The molecule has 0 amide bonds. The van der Waals surface area contributed by atoms with Crippen LogP contribution in [0.25, 0.3) is 0 Å². The number of nitrogens with two attached hydrogens (primary N) is 4. The summed E-state index contributed by atoms with van der Waals surface area (Å²) in [6.45, 7) is -0.646. The van der Waals surface area contributed by atoms with E-state index in [0.29, 0.717) is 0 Å². The van der Waals surface area contributed by atoms with Crippen molar-refractivity contribution in [2.45, 2.75) is 92.1 Å². The van der Waals surface area contributed by atoms with E-state index in [1.54, 1.807) is 0 Å². The van der Waals surface area contributed by atoms with E-state index in [-0.39, 0.29) is 13.0 Å². The fourth-order valence-corrected chi connectivity index (χ4v) is 4.20. The maximum atomic E-state index is 10.9. The minimum atomic E-state index is -1.45. The molecule has 0 bridgehead atoms. The maximum Gasteiger partial charge on any atom is 0.187 e. The van der Waals surface area contributed by atoms with E-state index in [0.717, 1.165) is 0 Å². The molecule has 3 fully saturated rings. The van der Waals surface area contributed by atoms with Gasteiger partial charge in [0.1, 0.15) is 54.9 Å². The first-order chi connectivity index (χ1) is 14.6. The molecule has 14 N–H and O–H groups in total. The van der Waals surface area contributed by atoms with Gasteiger partial charge in [0, 0.05) is 18.6 Å². The van der Waals surface area contributed by atoms with Gasteiger partial charge in [-0.15, -0.1) is 0 Å². The number of ether oxygens (including phenoxy) is 4. The molecule has 31 heavy (non-hydrogen) atoms. The maximum absolute atomic E-state index is 10.9. The molecule has 2 heterocycles. The lowest BCUT2D eigenvalue weighted by Gasteiger charge is -2.46. The van der Waals surface area contributed by atoms with E-state index in [4.69, 9.17) is 41.9 Å². The first-order valence-electron chi connectivity index (χ1n) is 10.2. The van der Waals surface area contributed by atoms with Crippen LogP contribution in [-0.2, 0) is 18.9 Å². The molecule has 2 aliphatic heterocycles. The van der Waals surface area contributed by atoms with Gasteiger partial charge in [0.25, 0.3) is 0 Å². The van der Waals surface area contributed by atoms with Crippen LogP contribution >= 0.6 is 0 Å². The number of rotatable bonds is 6. The molecule has 3 rings (SSSR count). The van der Waals surface area contributed by atoms with Crippen LogP contribution in [0, 0.1) is 0 Å². The molecule has 1 aliphatic carbocycles. The van der Waals surface area contributed by atoms with Crippen LogP contribution in [-0.4, -0.2) is 129 Å². The lowest BCUT2D eigenvalue weighted by atomic mass is 9.84. The SMILES string of the molecule is NC[C@@H]1O[C@H](O[C@@H]2[C@@H](O)[C@H](O[C@H]3O[C@H](CO)[C@@H](O)[C@H](O)[C@H]3N)[C@@H](N)C[C@H]2N)[C@@H](O)[C@H]1O. The van der Waals surface area contributed by atoms with E-state index >= 15 is 0 Å². The average molecular weight is 454 g/mol. The molecular weight excluding hydrogens is 420 g/mol. The molecule has 14 heteroatoms. The smallest absolute Gasteiger partial charge is 0.187 e. The third kappa shape index (κ3) is 4.87. The minimum Gasteiger partial charge on any atom is -0.394 e. The van der Waals surface area contributed by atoms with Crippen LogP contribution in [0.2, 0.25) is 0 Å². The Kier molecular flexibility index (Phi) is 8.21. The molecule has 14 nitrogen and oxygen atoms in total. The third-order valence-electron chi connectivity index (χ3n) is 6.12. The van der Waals surface area contributed by atoms with Crippen molar-refractivity contribution in [3.8, 4) is 0 Å². The molecule has 0 spiro atoms. The summed E-state index contributed by atoms with van der Waals surface area (Å²) >= 11 is 0. The summed E-state index contributed by atoms with van der Waals surface area (Å²) in [6.07, 6.45) is -13.6. The monoisotopic (exact) mass is 454 g/mol. The van der Waals surface area contributed by atoms with Crippen LogP contribution < -0.4 is 22.9 Å². The molecule has 0 radical (unpaired) electrons. The lowest BCUT2D eigenvalue weighted by molar-refractivity contribution is -0.301. The summed E-state index contributed by atoms with van der Waals surface area (Å²) in [5, 5.41) is 60.3. The van der Waals surface area contributed by atoms with Crippen molar-refractivity contribution in [3.63, 3.8) is 0 Å². The van der Waals surface area contributed by atoms with Crippen molar-refractivity contribution < 1.29 is 49.6 Å². The Morgan fingerprint density at radius 1 is 0.710 bits per heavy atom. The molecular formula is C17H34N4O10. The highest BCUT2D eigenvalue weighted by Crippen LogP contribution is 2.31. The summed E-state index contributed by atoms with van der Waals surface area (Å²) in [4.78, 5) is 0. The summed E-state index contributed by atoms with van der Waals surface area (Å²) < 4.78 is 22.2. The topological polar surface area (TPSA) is 262 Å². The number of aliphatic hydroxyl groups is 6. The van der Waals surface area contributed by atoms with Crippen LogP contribution in [0.5, 0.6) is 0 Å². The summed E-state index contributed by atoms with van der Waals surface area (Å²) in [7, 11) is 0. The second-order valence-corrected chi connectivity index (χ2v) is 8.30. The number of hydrogen-bond donors (Lipinski definition) is 10. The van der Waals surface area contributed by atoms with Crippen LogP contribution in [0.4, 0.5) is 0 Å². The van der Waals surface area contributed by atoms with Gasteiger partial charge in [-0.05, 0) is 6.42 Å². The van der Waals surface area contributed by atoms with Gasteiger partial charge in [0.2, 0.25) is 0 Å². The first kappa shape index (κ1) is 25.1. The molecule has 182 valence electrons. The molecule has 0 unspecified atom stereocenters. The van der Waals surface area contributed by atoms with Crippen molar-refractivity contribution in [1.82, 2.24) is 0 Å². The molecule has 14 atom stereocenters. The van der Waals surface area contributed by atoms with E-state index < -0.39 is 92.2 Å². The Morgan fingerprint density at radius 2 is 1.23 bits per heavy atom. The quantitative estimate of drug-likeness (QED) is 0.179. The van der Waals surface area contributed by atoms with E-state index in [9.17, 15) is 30.6 Å². The normalized spacial score (nSPS) is 53.6. The van der Waals surface area contributed by atoms with Gasteiger partial charge in [0.15, 0.2) is 12.6 Å². The predicted octanol–water partition coefficient (Wildman–Crippen LogP) is -6.65. The Morgan fingerprint density at radius 3 is 1.74 bits per heavy atom. The van der Waals surface area contributed by atoms with Crippen LogP contribution in [0.1, 0.15) is 6.42 Å². The molecule has 2 saturated heterocycles. The van der Waals surface area contributed by atoms with Crippen molar-refractivity contribution in [3.05, 3.63) is 0 Å². The predicted molar refractivity (Wildman–Crippen MR) is 102 cm³/mol. The molecule has 3 aliphatic rings. The average Bonchev–Trinajstić information content (AvgIpc) is 3.01. The van der Waals surface area contributed by atoms with Gasteiger partial charge in [0.05, 0.1) is 12.6 Å². The fourth-order valence-electron chi connectivity index (χ4n) is 4.20. The van der Waals surface area contributed by atoms with E-state index in [1.807, 2.05) is 0 Å². The zero-order valence-corrected chi connectivity index (χ0v) is 16.8. The van der Waals surface area contributed by atoms with Crippen LogP contribution in [0.15, 0.2) is 0 Å². The van der Waals surface area contributed by atoms with Gasteiger partial charge in [-0.3, -0.25) is 0 Å². The minimum absolute atomic E-state index is 0.0505. The fraction of sp³-hybridized carbons (Fsp3) is 1.00. The van der Waals surface area contributed by atoms with Crippen molar-refractivity contribution in [1.29, 1.82) is 0 Å². The van der Waals surface area contributed by atoms with Crippen LogP contribution in [0.3, 0.4) is 0 Å². The molecule has 1 saturated carbocycles. The lowest BCUT2D eigenvalue weighted by Crippen LogP contribution is -2.67. The highest BCUT2D eigenvalue weighted by molar-refractivity contribution is 5.01. The number of hydrogen-bond acceptors (Lipinski definition) is 14. The summed E-state index contributed by atoms with van der Waals surface area (Å²) in [5.41, 5.74) is 23.6. The Labute approximate surface area is 178 Å². The highest BCUT2D eigenvalue weighted by Gasteiger charge is 2.51. The van der Waals surface area contributed by atoms with Gasteiger partial charge in [-0.1, -0.05) is 0 Å². The molecule has 0 aromatic carbocycles. The standard InChI is InChI=1S/C17H34N4O10/c18-2-6-9(23)12(26)17(28-6)31-15-5(20)1-4(19)14(13(15)27)30-16-8(21)11(25)10(24)7(3-22)29-16/h4-17,22-27H,1-3,18-21H2/t4-,5+,6-,7+,8+,9-,10+,11+,12-,13-,14+,15-,16+,17+/m0/s1. The zero-order chi connectivity index (χ0) is 23.0. The largest absolute Gasteiger partial charge is 0.394 e. The van der Waals surface area contributed by atoms with Gasteiger partial charge >= 0.3 is 0 Å². The molecule has 0 aromatic heterocycles. The highest BCUT2D eigenvalue weighted by atomic mass is 16.7. The van der Waals surface area contributed by atoms with E-state index in [2.05, 4.69) is 0 Å². The Hall–Kier alpha value is -0.560. The van der Waals surface area contributed by atoms with Gasteiger partial charge < -0.3 is 72.5 Å². The van der Waals surface area contributed by atoms with Crippen molar-refractivity contribution >= 4 is 0 Å². The van der Waals surface area contributed by atoms with Crippen molar-refractivity contribution in [2.75, 3.05) is 13.2 Å². The zero-order valence-electron chi connectivity index (χ0n) is 16.8. The summed E-state index contributed by atoms with van der Waals surface area (Å²) in [5.74, 6) is 0. The van der Waals surface area contributed by atoms with E-state index in [1.165, 1.54) is 0 Å². The van der Waals surface area contributed by atoms with Crippen molar-refractivity contribution in [2.24, 2.45) is 22.9 Å². The second kappa shape index (κ2) is 10.1. The molecule has 0 aromatic rings. The third-order valence-corrected chi connectivity index (χ3v) is 6.12. The van der Waals surface area contributed by atoms with Gasteiger partial charge in [-0.2, -0.15) is 0 Å².